The lowest BCUT2D eigenvalue weighted by Crippen LogP contribution is -2.24. The monoisotopic (exact) mass is 339 g/mol. The summed E-state index contributed by atoms with van der Waals surface area (Å²) in [6.07, 6.45) is 1.52. The zero-order valence-electron chi connectivity index (χ0n) is 14.4. The summed E-state index contributed by atoms with van der Waals surface area (Å²) in [5, 5.41) is 7.91. The second-order valence-corrected chi connectivity index (χ2v) is 5.30. The lowest BCUT2D eigenvalue weighted by atomic mass is 10.1. The average molecular weight is 339 g/mol. The van der Waals surface area contributed by atoms with Gasteiger partial charge in [0, 0.05) is 30.1 Å². The Balaban J connectivity index is 2.05. The van der Waals surface area contributed by atoms with Gasteiger partial charge in [0.05, 0.1) is 7.11 Å². The molecule has 0 heterocycles. The second-order valence-electron chi connectivity index (χ2n) is 5.30. The summed E-state index contributed by atoms with van der Waals surface area (Å²) < 4.78 is 5.31. The van der Waals surface area contributed by atoms with Crippen LogP contribution in [-0.4, -0.2) is 26.1 Å². The van der Waals surface area contributed by atoms with E-state index in [9.17, 15) is 9.59 Å². The van der Waals surface area contributed by atoms with E-state index in [0.29, 0.717) is 17.1 Å². The van der Waals surface area contributed by atoms with Crippen molar-refractivity contribution >= 4 is 28.9 Å². The van der Waals surface area contributed by atoms with E-state index in [1.165, 1.54) is 6.08 Å². The molecule has 0 radical (unpaired) electrons. The fraction of sp³-hybridized carbons (Fsp3) is 0.158. The van der Waals surface area contributed by atoms with Crippen LogP contribution >= 0.6 is 0 Å². The van der Waals surface area contributed by atoms with Crippen LogP contribution in [0.2, 0.25) is 0 Å². The van der Waals surface area contributed by atoms with E-state index in [1.807, 2.05) is 31.2 Å². The molecule has 0 aliphatic carbocycles. The Bertz CT molecular complexity index is 783. The first-order valence-corrected chi connectivity index (χ1v) is 7.75. The largest absolute Gasteiger partial charge is 0.496 e. The van der Waals surface area contributed by atoms with Gasteiger partial charge in [0.1, 0.15) is 5.75 Å². The van der Waals surface area contributed by atoms with E-state index >= 15 is 0 Å². The smallest absolute Gasteiger partial charge is 0.318 e. The number of benzene rings is 2. The van der Waals surface area contributed by atoms with Crippen molar-refractivity contribution < 1.29 is 14.3 Å². The average Bonchev–Trinajstić information content (AvgIpc) is 2.63. The molecular weight excluding hydrogens is 318 g/mol. The number of amides is 3. The van der Waals surface area contributed by atoms with Crippen molar-refractivity contribution in [3.05, 3.63) is 60.2 Å². The van der Waals surface area contributed by atoms with Crippen LogP contribution in [0.5, 0.6) is 5.75 Å². The van der Waals surface area contributed by atoms with Gasteiger partial charge in [0.2, 0.25) is 5.91 Å². The Morgan fingerprint density at radius 1 is 0.960 bits per heavy atom. The van der Waals surface area contributed by atoms with Gasteiger partial charge in [-0.3, -0.25) is 4.79 Å². The highest BCUT2D eigenvalue weighted by Crippen LogP contribution is 2.25. The predicted octanol–water partition coefficient (Wildman–Crippen LogP) is 3.49. The van der Waals surface area contributed by atoms with Crippen molar-refractivity contribution in [3.8, 4) is 5.75 Å². The third kappa shape index (κ3) is 5.10. The zero-order chi connectivity index (χ0) is 18.2. The van der Waals surface area contributed by atoms with Gasteiger partial charge in [0.25, 0.3) is 0 Å². The third-order valence-corrected chi connectivity index (χ3v) is 3.52. The van der Waals surface area contributed by atoms with Crippen molar-refractivity contribution in [2.24, 2.45) is 0 Å². The van der Waals surface area contributed by atoms with Crippen molar-refractivity contribution in [2.45, 2.75) is 6.92 Å². The maximum Gasteiger partial charge on any atom is 0.318 e. The van der Waals surface area contributed by atoms with E-state index in [0.717, 1.165) is 11.1 Å². The fourth-order valence-electron chi connectivity index (χ4n) is 2.25. The Morgan fingerprint density at radius 2 is 1.56 bits per heavy atom. The molecular formula is C19H21N3O3. The van der Waals surface area contributed by atoms with Crippen LogP contribution in [0, 0.1) is 0 Å². The number of nitrogens with one attached hydrogen (secondary N) is 3. The first kappa shape index (κ1) is 18.1. The minimum Gasteiger partial charge on any atom is -0.496 e. The number of carbonyl (C=O) groups excluding carboxylic acids is 2. The number of hydrogen-bond acceptors (Lipinski definition) is 3. The minimum atomic E-state index is -0.299. The summed E-state index contributed by atoms with van der Waals surface area (Å²) in [7, 11) is 3.14. The normalized spacial score (nSPS) is 10.8. The second kappa shape index (κ2) is 8.54. The molecule has 2 aromatic carbocycles. The fourth-order valence-corrected chi connectivity index (χ4v) is 2.25. The molecule has 3 amide bonds. The van der Waals surface area contributed by atoms with Crippen LogP contribution in [0.15, 0.2) is 54.6 Å². The number of urea groups is 1. The standard InChI is InChI=1S/C19H21N3O3/c1-13(16-6-4-5-7-17(16)25-3)12-18(23)21-14-8-10-15(11-9-14)22-19(24)20-2/h4-12H,1-3H3,(H,21,23)(H2,20,22,24). The Morgan fingerprint density at radius 3 is 2.16 bits per heavy atom. The van der Waals surface area contributed by atoms with Crippen molar-refractivity contribution in [3.63, 3.8) is 0 Å². The molecule has 0 aromatic heterocycles. The molecule has 0 spiro atoms. The highest BCUT2D eigenvalue weighted by molar-refractivity contribution is 6.04. The van der Waals surface area contributed by atoms with Gasteiger partial charge in [-0.05, 0) is 42.8 Å². The topological polar surface area (TPSA) is 79.5 Å². The van der Waals surface area contributed by atoms with Gasteiger partial charge < -0.3 is 20.7 Å². The summed E-state index contributed by atoms with van der Waals surface area (Å²) in [5.74, 6) is 0.476. The van der Waals surface area contributed by atoms with Crippen molar-refractivity contribution in [1.82, 2.24) is 5.32 Å². The van der Waals surface area contributed by atoms with E-state index in [-0.39, 0.29) is 11.9 Å². The number of methoxy groups -OCH3 is 1. The zero-order valence-corrected chi connectivity index (χ0v) is 14.4. The van der Waals surface area contributed by atoms with Gasteiger partial charge in [-0.15, -0.1) is 0 Å². The van der Waals surface area contributed by atoms with E-state index < -0.39 is 0 Å². The molecule has 2 rings (SSSR count). The molecule has 0 saturated carbocycles. The molecule has 0 aliphatic rings. The molecule has 0 aliphatic heterocycles. The first-order valence-electron chi connectivity index (χ1n) is 7.75. The van der Waals surface area contributed by atoms with Crippen LogP contribution in [-0.2, 0) is 4.79 Å². The van der Waals surface area contributed by atoms with E-state index in [2.05, 4.69) is 16.0 Å². The number of carbonyl (C=O) groups is 2. The maximum absolute atomic E-state index is 12.2. The van der Waals surface area contributed by atoms with Crippen LogP contribution in [0.1, 0.15) is 12.5 Å². The molecule has 0 saturated heterocycles. The number of para-hydroxylation sites is 1. The summed E-state index contributed by atoms with van der Waals surface area (Å²) in [4.78, 5) is 23.4. The van der Waals surface area contributed by atoms with E-state index in [4.69, 9.17) is 4.74 Å². The molecule has 0 unspecified atom stereocenters. The van der Waals surface area contributed by atoms with Gasteiger partial charge in [0.15, 0.2) is 0 Å². The highest BCUT2D eigenvalue weighted by Gasteiger charge is 2.06. The van der Waals surface area contributed by atoms with Gasteiger partial charge >= 0.3 is 6.03 Å². The molecule has 0 fully saturated rings. The number of hydrogen-bond donors (Lipinski definition) is 3. The highest BCUT2D eigenvalue weighted by atomic mass is 16.5. The number of rotatable bonds is 5. The van der Waals surface area contributed by atoms with Crippen LogP contribution in [0.3, 0.4) is 0 Å². The minimum absolute atomic E-state index is 0.240. The first-order chi connectivity index (χ1) is 12.0. The molecule has 2 aromatic rings. The molecule has 25 heavy (non-hydrogen) atoms. The predicted molar refractivity (Wildman–Crippen MR) is 99.8 cm³/mol. The lowest BCUT2D eigenvalue weighted by molar-refractivity contribution is -0.111. The Labute approximate surface area is 146 Å². The quantitative estimate of drug-likeness (QED) is 0.730. The number of allylic oxidation sites excluding steroid dienone is 1. The lowest BCUT2D eigenvalue weighted by Gasteiger charge is -2.09. The Hall–Kier alpha value is -3.28. The summed E-state index contributed by atoms with van der Waals surface area (Å²) >= 11 is 0. The molecule has 0 atom stereocenters. The van der Waals surface area contributed by atoms with Crippen LogP contribution in [0.4, 0.5) is 16.2 Å². The third-order valence-electron chi connectivity index (χ3n) is 3.52. The van der Waals surface area contributed by atoms with Crippen LogP contribution in [0.25, 0.3) is 5.57 Å². The molecule has 130 valence electrons. The van der Waals surface area contributed by atoms with Crippen LogP contribution < -0.4 is 20.7 Å². The Kier molecular flexibility index (Phi) is 6.17. The van der Waals surface area contributed by atoms with E-state index in [1.54, 1.807) is 38.4 Å². The SMILES string of the molecule is CNC(=O)Nc1ccc(NC(=O)C=C(C)c2ccccc2OC)cc1. The van der Waals surface area contributed by atoms with Crippen molar-refractivity contribution in [2.75, 3.05) is 24.8 Å². The molecule has 0 bridgehead atoms. The summed E-state index contributed by atoms with van der Waals surface area (Å²) in [5.41, 5.74) is 2.94. The van der Waals surface area contributed by atoms with Gasteiger partial charge in [-0.1, -0.05) is 18.2 Å². The molecule has 6 heteroatoms. The van der Waals surface area contributed by atoms with Crippen molar-refractivity contribution in [1.29, 1.82) is 0 Å². The van der Waals surface area contributed by atoms with Gasteiger partial charge in [-0.25, -0.2) is 4.79 Å². The molecule has 6 nitrogen and oxygen atoms in total. The van der Waals surface area contributed by atoms with Gasteiger partial charge in [-0.2, -0.15) is 0 Å². The summed E-state index contributed by atoms with van der Waals surface area (Å²) in [6.45, 7) is 1.85. The maximum atomic E-state index is 12.2. The molecule has 3 N–H and O–H groups in total. The number of anilines is 2. The summed E-state index contributed by atoms with van der Waals surface area (Å²) in [6, 6.07) is 14.1. The number of ether oxygens (including phenoxy) is 1.